The van der Waals surface area contributed by atoms with Crippen LogP contribution in [0.4, 0.5) is 9.18 Å². The molecule has 1 heterocycles. The number of nitrogens with zero attached hydrogens (tertiary/aromatic N) is 2. The molecule has 5 nitrogen and oxygen atoms in total. The number of fused-ring (bicyclic) bond motifs is 1. The van der Waals surface area contributed by atoms with E-state index in [-0.39, 0.29) is 0 Å². The largest absolute Gasteiger partial charge is 0.463 e. The van der Waals surface area contributed by atoms with E-state index in [2.05, 4.69) is 5.10 Å². The molecule has 0 saturated heterocycles. The molecule has 0 aliphatic carbocycles. The van der Waals surface area contributed by atoms with Crippen LogP contribution in [-0.4, -0.2) is 21.0 Å². The van der Waals surface area contributed by atoms with E-state index in [0.717, 1.165) is 10.2 Å². The maximum atomic E-state index is 13.4. The highest BCUT2D eigenvalue weighted by molar-refractivity contribution is 5.97. The van der Waals surface area contributed by atoms with Crippen LogP contribution in [-0.2, 0) is 6.54 Å². The summed E-state index contributed by atoms with van der Waals surface area (Å²) in [5.74, 6) is -0.402. The predicted octanol–water partition coefficient (Wildman–Crippen LogP) is 2.83. The molecular weight excluding hydrogens is 273 g/mol. The quantitative estimate of drug-likeness (QED) is 0.758. The average Bonchev–Trinajstić information content (AvgIpc) is 2.86. The van der Waals surface area contributed by atoms with Crippen LogP contribution >= 0.6 is 0 Å². The van der Waals surface area contributed by atoms with E-state index < -0.39 is 11.9 Å². The third kappa shape index (κ3) is 2.25. The van der Waals surface area contributed by atoms with Crippen molar-refractivity contribution in [3.63, 3.8) is 0 Å². The molecule has 6 heteroatoms. The predicted molar refractivity (Wildman–Crippen MR) is 76.4 cm³/mol. The Morgan fingerprint density at radius 2 is 2.10 bits per heavy atom. The van der Waals surface area contributed by atoms with Crippen molar-refractivity contribution in [3.8, 4) is 11.3 Å². The van der Waals surface area contributed by atoms with Crippen LogP contribution in [0, 0.1) is 5.82 Å². The number of hydrogen-bond acceptors (Lipinski definition) is 3. The average molecular weight is 285 g/mol. The molecule has 0 amide bonds. The summed E-state index contributed by atoms with van der Waals surface area (Å²) in [5, 5.41) is 13.9. The minimum atomic E-state index is -1.19. The topological polar surface area (TPSA) is 81.1 Å². The van der Waals surface area contributed by atoms with Gasteiger partial charge in [0.25, 0.3) is 0 Å². The first-order valence-electron chi connectivity index (χ1n) is 6.31. The monoisotopic (exact) mass is 285 g/mol. The summed E-state index contributed by atoms with van der Waals surface area (Å²) < 4.78 is 14.3. The van der Waals surface area contributed by atoms with E-state index in [4.69, 9.17) is 5.73 Å². The second-order valence-corrected chi connectivity index (χ2v) is 4.61. The van der Waals surface area contributed by atoms with Gasteiger partial charge in [-0.25, -0.2) is 9.18 Å². The summed E-state index contributed by atoms with van der Waals surface area (Å²) in [5.41, 5.74) is 7.85. The van der Waals surface area contributed by atoms with Gasteiger partial charge in [0.15, 0.2) is 0 Å². The zero-order chi connectivity index (χ0) is 15.0. The Bertz CT molecular complexity index is 842. The van der Waals surface area contributed by atoms with Crippen molar-refractivity contribution in [1.29, 1.82) is 0 Å². The molecule has 2 aromatic carbocycles. The van der Waals surface area contributed by atoms with Crippen molar-refractivity contribution in [1.82, 2.24) is 9.78 Å². The molecule has 21 heavy (non-hydrogen) atoms. The molecule has 0 bridgehead atoms. The number of carboxylic acid groups (broad SMARTS) is 1. The molecular formula is C15H12FN3O2. The Hall–Kier alpha value is -2.73. The van der Waals surface area contributed by atoms with E-state index in [1.165, 1.54) is 12.1 Å². The Labute approximate surface area is 119 Å². The van der Waals surface area contributed by atoms with Gasteiger partial charge in [0.05, 0.1) is 5.52 Å². The number of nitrogens with two attached hydrogens (primary N) is 1. The summed E-state index contributed by atoms with van der Waals surface area (Å²) in [6, 6.07) is 11.1. The maximum Gasteiger partial charge on any atom is 0.432 e. The molecule has 3 aromatic rings. The summed E-state index contributed by atoms with van der Waals surface area (Å²) in [4.78, 5) is 11.3. The van der Waals surface area contributed by atoms with E-state index in [1.807, 2.05) is 0 Å². The van der Waals surface area contributed by atoms with Crippen LogP contribution in [0.3, 0.4) is 0 Å². The second kappa shape index (κ2) is 4.99. The minimum absolute atomic E-state index is 0.330. The van der Waals surface area contributed by atoms with E-state index in [0.29, 0.717) is 28.7 Å². The van der Waals surface area contributed by atoms with Crippen molar-refractivity contribution < 1.29 is 14.3 Å². The summed E-state index contributed by atoms with van der Waals surface area (Å²) >= 11 is 0. The molecule has 0 saturated carbocycles. The van der Waals surface area contributed by atoms with Gasteiger partial charge in [-0.15, -0.1) is 0 Å². The van der Waals surface area contributed by atoms with Gasteiger partial charge >= 0.3 is 6.09 Å². The normalized spacial score (nSPS) is 11.0. The van der Waals surface area contributed by atoms with Gasteiger partial charge in [-0.1, -0.05) is 18.2 Å². The molecule has 0 unspecified atom stereocenters. The Morgan fingerprint density at radius 3 is 2.76 bits per heavy atom. The highest BCUT2D eigenvalue weighted by Gasteiger charge is 2.16. The van der Waals surface area contributed by atoms with E-state index in [9.17, 15) is 14.3 Å². The van der Waals surface area contributed by atoms with Gasteiger partial charge in [0.1, 0.15) is 11.5 Å². The van der Waals surface area contributed by atoms with Gasteiger partial charge in [-0.2, -0.15) is 9.78 Å². The first-order chi connectivity index (χ1) is 10.1. The molecule has 3 N–H and O–H groups in total. The molecule has 0 fully saturated rings. The number of carbonyl (C=O) groups is 1. The number of aromatic nitrogens is 2. The lowest BCUT2D eigenvalue weighted by Gasteiger charge is -2.00. The van der Waals surface area contributed by atoms with E-state index >= 15 is 0 Å². The van der Waals surface area contributed by atoms with Crippen LogP contribution in [0.5, 0.6) is 0 Å². The fraction of sp³-hybridized carbons (Fsp3) is 0.0667. The van der Waals surface area contributed by atoms with Crippen molar-refractivity contribution in [2.24, 2.45) is 5.73 Å². The second-order valence-electron chi connectivity index (χ2n) is 4.61. The van der Waals surface area contributed by atoms with Crippen molar-refractivity contribution in [2.45, 2.75) is 6.54 Å². The fourth-order valence-electron chi connectivity index (χ4n) is 2.29. The molecule has 1 aromatic heterocycles. The Balaban J connectivity index is 2.33. The van der Waals surface area contributed by atoms with Gasteiger partial charge in [-0.3, -0.25) is 0 Å². The molecule has 3 rings (SSSR count). The third-order valence-corrected chi connectivity index (χ3v) is 3.26. The number of rotatable bonds is 2. The van der Waals surface area contributed by atoms with Crippen LogP contribution in [0.2, 0.25) is 0 Å². The van der Waals surface area contributed by atoms with Gasteiger partial charge in [0.2, 0.25) is 0 Å². The summed E-state index contributed by atoms with van der Waals surface area (Å²) in [6.07, 6.45) is -1.19. The summed E-state index contributed by atoms with van der Waals surface area (Å²) in [6.45, 7) is 0.330. The SMILES string of the molecule is NCc1ccc2c(c1)c(-c1cccc(F)c1)nn2C(=O)O. The van der Waals surface area contributed by atoms with Crippen molar-refractivity contribution in [2.75, 3.05) is 0 Å². The minimum Gasteiger partial charge on any atom is -0.463 e. The molecule has 0 atom stereocenters. The van der Waals surface area contributed by atoms with Crippen molar-refractivity contribution >= 4 is 17.0 Å². The Morgan fingerprint density at radius 1 is 1.29 bits per heavy atom. The van der Waals surface area contributed by atoms with Crippen molar-refractivity contribution in [3.05, 3.63) is 53.8 Å². The molecule has 106 valence electrons. The van der Waals surface area contributed by atoms with Gasteiger partial charge < -0.3 is 10.8 Å². The third-order valence-electron chi connectivity index (χ3n) is 3.26. The van der Waals surface area contributed by atoms with Crippen LogP contribution in [0.25, 0.3) is 22.2 Å². The standard InChI is InChI=1S/C15H12FN3O2/c16-11-3-1-2-10(7-11)14-12-6-9(8-17)4-5-13(12)19(18-14)15(20)21/h1-7H,8,17H2,(H,20,21). The fourth-order valence-corrected chi connectivity index (χ4v) is 2.29. The number of halogens is 1. The number of hydrogen-bond donors (Lipinski definition) is 2. The zero-order valence-corrected chi connectivity index (χ0v) is 11.0. The lowest BCUT2D eigenvalue weighted by Crippen LogP contribution is -2.09. The molecule has 0 radical (unpaired) electrons. The van der Waals surface area contributed by atoms with E-state index in [1.54, 1.807) is 30.3 Å². The Kier molecular flexibility index (Phi) is 3.15. The zero-order valence-electron chi connectivity index (χ0n) is 11.0. The smallest absolute Gasteiger partial charge is 0.432 e. The van der Waals surface area contributed by atoms with Crippen LogP contribution < -0.4 is 5.73 Å². The summed E-state index contributed by atoms with van der Waals surface area (Å²) in [7, 11) is 0. The molecule has 0 spiro atoms. The lowest BCUT2D eigenvalue weighted by molar-refractivity contribution is 0.194. The molecule has 0 aliphatic heterocycles. The van der Waals surface area contributed by atoms with Gasteiger partial charge in [-0.05, 0) is 29.8 Å². The van der Waals surface area contributed by atoms with Crippen LogP contribution in [0.15, 0.2) is 42.5 Å². The first-order valence-corrected chi connectivity index (χ1v) is 6.31. The highest BCUT2D eigenvalue weighted by Crippen LogP contribution is 2.29. The lowest BCUT2D eigenvalue weighted by atomic mass is 10.1. The van der Waals surface area contributed by atoms with Gasteiger partial charge in [0, 0.05) is 17.5 Å². The van der Waals surface area contributed by atoms with Crippen LogP contribution in [0.1, 0.15) is 5.56 Å². The first kappa shape index (κ1) is 13.3. The molecule has 0 aliphatic rings. The maximum absolute atomic E-state index is 13.4. The highest BCUT2D eigenvalue weighted by atomic mass is 19.1. The number of benzene rings is 2.